The van der Waals surface area contributed by atoms with Gasteiger partial charge in [-0.05, 0) is 0 Å². The lowest BCUT2D eigenvalue weighted by molar-refractivity contribution is -0.148. The van der Waals surface area contributed by atoms with Gasteiger partial charge in [-0.1, -0.05) is 0 Å². The molecule has 0 saturated carbocycles. The van der Waals surface area contributed by atoms with Gasteiger partial charge in [0.05, 0.1) is 0 Å². The molecule has 0 heterocycles. The van der Waals surface area contributed by atoms with Crippen molar-refractivity contribution in [2.45, 2.75) is 6.92 Å². The number of carboxylic acid groups (broad SMARTS) is 1. The average molecular weight is 133 g/mol. The molecule has 0 rings (SSSR count). The molecule has 0 atom stereocenters. The maximum atomic E-state index is 10.00. The fourth-order valence-corrected chi connectivity index (χ4v) is 0.199. The summed E-state index contributed by atoms with van der Waals surface area (Å²) in [6.45, 7) is 0.710. The number of carboxylic acids is 1. The van der Waals surface area contributed by atoms with Crippen molar-refractivity contribution in [3.63, 3.8) is 0 Å². The highest BCUT2D eigenvalue weighted by Crippen LogP contribution is 1.67. The molecular formula is C4H7NO4. The highest BCUT2D eigenvalue weighted by Gasteiger charge is 1.95. The van der Waals surface area contributed by atoms with Gasteiger partial charge < -0.3 is 5.11 Å². The predicted molar refractivity (Wildman–Crippen MR) is 27.4 cm³/mol. The van der Waals surface area contributed by atoms with Crippen LogP contribution in [0, 0.1) is 0 Å². The second kappa shape index (κ2) is 3.85. The van der Waals surface area contributed by atoms with Crippen LogP contribution in [0.4, 0.5) is 0 Å². The quantitative estimate of drug-likeness (QED) is 0.491. The van der Waals surface area contributed by atoms with E-state index >= 15 is 0 Å². The van der Waals surface area contributed by atoms with Gasteiger partial charge in [0, 0.05) is 6.92 Å². The standard InChI is InChI=1S/C4H7NO4/c1-3(6)5-9-2-4(7)8/h2H2,1H3,(H,5,6)(H,7,8). The van der Waals surface area contributed by atoms with Crippen molar-refractivity contribution in [1.29, 1.82) is 0 Å². The van der Waals surface area contributed by atoms with Crippen molar-refractivity contribution < 1.29 is 19.5 Å². The van der Waals surface area contributed by atoms with Gasteiger partial charge in [0.1, 0.15) is 0 Å². The smallest absolute Gasteiger partial charge is 0.332 e. The summed E-state index contributed by atoms with van der Waals surface area (Å²) >= 11 is 0. The molecule has 52 valence electrons. The minimum Gasteiger partial charge on any atom is -0.479 e. The fourth-order valence-electron chi connectivity index (χ4n) is 0.199. The largest absolute Gasteiger partial charge is 0.479 e. The Bertz CT molecular complexity index is 108. The van der Waals surface area contributed by atoms with Crippen molar-refractivity contribution in [1.82, 2.24) is 5.48 Å². The number of hydroxylamine groups is 1. The van der Waals surface area contributed by atoms with E-state index in [9.17, 15) is 9.59 Å². The summed E-state index contributed by atoms with van der Waals surface area (Å²) in [4.78, 5) is 23.9. The van der Waals surface area contributed by atoms with E-state index < -0.39 is 18.5 Å². The van der Waals surface area contributed by atoms with E-state index in [4.69, 9.17) is 5.11 Å². The molecule has 0 aromatic carbocycles. The molecule has 1 amide bonds. The van der Waals surface area contributed by atoms with Gasteiger partial charge >= 0.3 is 5.97 Å². The molecule has 0 bridgehead atoms. The molecule has 5 heteroatoms. The van der Waals surface area contributed by atoms with Crippen LogP contribution in [0.1, 0.15) is 6.92 Å². The third-order valence-electron chi connectivity index (χ3n) is 0.412. The van der Waals surface area contributed by atoms with Crippen LogP contribution in [0.5, 0.6) is 0 Å². The number of carbonyl (C=O) groups is 2. The highest BCUT2D eigenvalue weighted by atomic mass is 16.7. The van der Waals surface area contributed by atoms with Crippen molar-refractivity contribution >= 4 is 11.9 Å². The third kappa shape index (κ3) is 6.90. The van der Waals surface area contributed by atoms with Gasteiger partial charge in [-0.15, -0.1) is 0 Å². The van der Waals surface area contributed by atoms with Crippen molar-refractivity contribution in [2.75, 3.05) is 6.61 Å². The lowest BCUT2D eigenvalue weighted by Crippen LogP contribution is -2.23. The number of rotatable bonds is 3. The SMILES string of the molecule is CC(=O)NOCC(=O)O. The Morgan fingerprint density at radius 2 is 2.22 bits per heavy atom. The van der Waals surface area contributed by atoms with Crippen molar-refractivity contribution in [2.24, 2.45) is 0 Å². The Morgan fingerprint density at radius 1 is 1.67 bits per heavy atom. The van der Waals surface area contributed by atoms with Crippen LogP contribution in [-0.2, 0) is 14.4 Å². The number of aliphatic carboxylic acids is 1. The van der Waals surface area contributed by atoms with Crippen LogP contribution in [-0.4, -0.2) is 23.6 Å². The topological polar surface area (TPSA) is 75.6 Å². The zero-order valence-corrected chi connectivity index (χ0v) is 4.88. The van der Waals surface area contributed by atoms with E-state index in [1.807, 2.05) is 5.48 Å². The van der Waals surface area contributed by atoms with Gasteiger partial charge in [-0.3, -0.25) is 9.63 Å². The first kappa shape index (κ1) is 7.90. The molecule has 5 nitrogen and oxygen atoms in total. The minimum absolute atomic E-state index is 0.420. The summed E-state index contributed by atoms with van der Waals surface area (Å²) in [6, 6.07) is 0. The molecule has 0 aliphatic carbocycles. The number of amides is 1. The van der Waals surface area contributed by atoms with Crippen LogP contribution < -0.4 is 5.48 Å². The Morgan fingerprint density at radius 3 is 2.56 bits per heavy atom. The first-order valence-corrected chi connectivity index (χ1v) is 2.23. The van der Waals surface area contributed by atoms with Crippen molar-refractivity contribution in [3.8, 4) is 0 Å². The highest BCUT2D eigenvalue weighted by molar-refractivity contribution is 5.72. The monoisotopic (exact) mass is 133 g/mol. The Balaban J connectivity index is 3.10. The molecule has 0 aliphatic heterocycles. The van der Waals surface area contributed by atoms with E-state index in [2.05, 4.69) is 4.84 Å². The number of hydrogen-bond acceptors (Lipinski definition) is 3. The summed E-state index contributed by atoms with van der Waals surface area (Å²) in [5.74, 6) is -1.54. The van der Waals surface area contributed by atoms with Crippen LogP contribution in [0.25, 0.3) is 0 Å². The molecule has 9 heavy (non-hydrogen) atoms. The van der Waals surface area contributed by atoms with Crippen LogP contribution in [0.15, 0.2) is 0 Å². The molecule has 0 radical (unpaired) electrons. The lowest BCUT2D eigenvalue weighted by Gasteiger charge is -1.96. The molecule has 0 aliphatic rings. The molecule has 0 fully saturated rings. The zero-order chi connectivity index (χ0) is 7.28. The third-order valence-corrected chi connectivity index (χ3v) is 0.412. The van der Waals surface area contributed by atoms with Crippen LogP contribution in [0.2, 0.25) is 0 Å². The molecule has 0 aromatic heterocycles. The second-order valence-electron chi connectivity index (χ2n) is 1.34. The molecular weight excluding hydrogens is 126 g/mol. The van der Waals surface area contributed by atoms with E-state index in [-0.39, 0.29) is 0 Å². The molecule has 2 N–H and O–H groups in total. The first-order valence-electron chi connectivity index (χ1n) is 2.23. The first-order chi connectivity index (χ1) is 4.13. The maximum absolute atomic E-state index is 10.00. The lowest BCUT2D eigenvalue weighted by atomic mass is 10.7. The normalized spacial score (nSPS) is 8.56. The van der Waals surface area contributed by atoms with E-state index in [0.29, 0.717) is 0 Å². The summed E-state index contributed by atoms with van der Waals surface area (Å²) in [6.07, 6.45) is 0. The molecule has 0 unspecified atom stereocenters. The van der Waals surface area contributed by atoms with E-state index in [0.717, 1.165) is 0 Å². The average Bonchev–Trinajstić information content (AvgIpc) is 1.63. The molecule has 0 saturated heterocycles. The van der Waals surface area contributed by atoms with Crippen LogP contribution in [0.3, 0.4) is 0 Å². The zero-order valence-electron chi connectivity index (χ0n) is 4.88. The van der Waals surface area contributed by atoms with Gasteiger partial charge in [0.2, 0.25) is 5.91 Å². The summed E-state index contributed by atoms with van der Waals surface area (Å²) in [7, 11) is 0. The number of hydrogen-bond donors (Lipinski definition) is 2. The van der Waals surface area contributed by atoms with Gasteiger partial charge in [-0.2, -0.15) is 0 Å². The predicted octanol–water partition coefficient (Wildman–Crippen LogP) is -0.861. The number of carbonyl (C=O) groups excluding carboxylic acids is 1. The second-order valence-corrected chi connectivity index (χ2v) is 1.34. The fraction of sp³-hybridized carbons (Fsp3) is 0.500. The molecule has 0 aromatic rings. The Hall–Kier alpha value is -1.10. The summed E-state index contributed by atoms with van der Waals surface area (Å²) < 4.78 is 0. The Labute approximate surface area is 51.6 Å². The van der Waals surface area contributed by atoms with Gasteiger partial charge in [0.15, 0.2) is 6.61 Å². The maximum Gasteiger partial charge on any atom is 0.332 e. The van der Waals surface area contributed by atoms with Gasteiger partial charge in [0.25, 0.3) is 0 Å². The minimum atomic E-state index is -1.12. The van der Waals surface area contributed by atoms with E-state index in [1.54, 1.807) is 0 Å². The van der Waals surface area contributed by atoms with Gasteiger partial charge in [-0.25, -0.2) is 10.3 Å². The summed E-state index contributed by atoms with van der Waals surface area (Å²) in [5.41, 5.74) is 1.86. The van der Waals surface area contributed by atoms with Crippen LogP contribution >= 0.6 is 0 Å². The number of nitrogens with one attached hydrogen (secondary N) is 1. The Kier molecular flexibility index (Phi) is 3.38. The van der Waals surface area contributed by atoms with Crippen molar-refractivity contribution in [3.05, 3.63) is 0 Å². The van der Waals surface area contributed by atoms with E-state index in [1.165, 1.54) is 6.92 Å². The summed E-state index contributed by atoms with van der Waals surface area (Å²) in [5, 5.41) is 7.95. The molecule has 0 spiro atoms.